The number of ether oxygens (including phenoxy) is 1. The van der Waals surface area contributed by atoms with Crippen molar-refractivity contribution < 1.29 is 18.3 Å². The summed E-state index contributed by atoms with van der Waals surface area (Å²) in [5.41, 5.74) is 0.0167. The molecule has 0 unspecified atom stereocenters. The number of aromatic amines is 1. The number of fused-ring (bicyclic) bond motifs is 1. The number of urea groups is 1. The number of carbonyl (C=O) groups excluding carboxylic acids is 1. The molecule has 0 bridgehead atoms. The molecule has 1 aliphatic heterocycles. The molecule has 0 saturated heterocycles. The number of nitrogens with zero attached hydrogens (tertiary/aromatic N) is 3. The van der Waals surface area contributed by atoms with Crippen LogP contribution >= 0.6 is 11.6 Å². The van der Waals surface area contributed by atoms with Gasteiger partial charge in [-0.25, -0.2) is 14.7 Å². The van der Waals surface area contributed by atoms with Crippen molar-refractivity contribution in [1.82, 2.24) is 19.7 Å². The van der Waals surface area contributed by atoms with Crippen molar-refractivity contribution in [3.63, 3.8) is 0 Å². The second-order valence-corrected chi connectivity index (χ2v) is 5.38. The fraction of sp³-hybridized carbons (Fsp3) is 0.308. The first-order valence-electron chi connectivity index (χ1n) is 6.88. The quantitative estimate of drug-likeness (QED) is 0.875. The number of alkyl halides is 2. The molecule has 0 atom stereocenters. The molecule has 2 amide bonds. The molecule has 24 heavy (non-hydrogen) atoms. The van der Waals surface area contributed by atoms with Crippen molar-refractivity contribution >= 4 is 23.3 Å². The van der Waals surface area contributed by atoms with Gasteiger partial charge in [0.15, 0.2) is 5.82 Å². The van der Waals surface area contributed by atoms with E-state index in [1.54, 1.807) is 0 Å². The fourth-order valence-corrected chi connectivity index (χ4v) is 2.54. The maximum Gasteiger partial charge on any atom is 0.387 e. The minimum atomic E-state index is -2.98. The predicted octanol–water partition coefficient (Wildman–Crippen LogP) is 1.87. The summed E-state index contributed by atoms with van der Waals surface area (Å²) in [4.78, 5) is 25.1. The Morgan fingerprint density at radius 3 is 2.92 bits per heavy atom. The van der Waals surface area contributed by atoms with E-state index in [1.165, 1.54) is 27.7 Å². The SMILES string of the molecule is O=C(Nc1ccc(OC(F)F)c(Cl)c1)N1CCn2c(n[nH]c2=O)C1. The van der Waals surface area contributed by atoms with Crippen LogP contribution in [-0.4, -0.2) is 38.9 Å². The zero-order valence-electron chi connectivity index (χ0n) is 12.1. The lowest BCUT2D eigenvalue weighted by Crippen LogP contribution is -2.42. The Labute approximate surface area is 139 Å². The molecule has 2 N–H and O–H groups in total. The number of anilines is 1. The number of hydrogen-bond donors (Lipinski definition) is 2. The Balaban J connectivity index is 1.67. The largest absolute Gasteiger partial charge is 0.433 e. The van der Waals surface area contributed by atoms with E-state index in [9.17, 15) is 18.4 Å². The van der Waals surface area contributed by atoms with Crippen LogP contribution in [0.4, 0.5) is 19.3 Å². The van der Waals surface area contributed by atoms with E-state index >= 15 is 0 Å². The van der Waals surface area contributed by atoms with Crippen LogP contribution < -0.4 is 15.7 Å². The summed E-state index contributed by atoms with van der Waals surface area (Å²) in [5.74, 6) is 0.281. The maximum atomic E-state index is 12.3. The van der Waals surface area contributed by atoms with E-state index in [2.05, 4.69) is 20.3 Å². The second-order valence-electron chi connectivity index (χ2n) is 4.97. The summed E-state index contributed by atoms with van der Waals surface area (Å²) in [6.45, 7) is -2.15. The molecular formula is C13H12ClF2N5O3. The average Bonchev–Trinajstić information content (AvgIpc) is 2.90. The minimum Gasteiger partial charge on any atom is -0.433 e. The van der Waals surface area contributed by atoms with Crippen LogP contribution in [0.2, 0.25) is 5.02 Å². The number of amides is 2. The monoisotopic (exact) mass is 359 g/mol. The van der Waals surface area contributed by atoms with E-state index in [0.29, 0.717) is 24.6 Å². The number of hydrogen-bond acceptors (Lipinski definition) is 4. The van der Waals surface area contributed by atoms with Gasteiger partial charge in [0.2, 0.25) is 0 Å². The zero-order chi connectivity index (χ0) is 17.3. The van der Waals surface area contributed by atoms with Crippen LogP contribution in [-0.2, 0) is 13.1 Å². The molecule has 8 nitrogen and oxygen atoms in total. The Morgan fingerprint density at radius 1 is 1.42 bits per heavy atom. The van der Waals surface area contributed by atoms with Crippen LogP contribution in [0.25, 0.3) is 0 Å². The first kappa shape index (κ1) is 16.2. The number of rotatable bonds is 3. The van der Waals surface area contributed by atoms with Gasteiger partial charge in [-0.1, -0.05) is 11.6 Å². The topological polar surface area (TPSA) is 92.2 Å². The smallest absolute Gasteiger partial charge is 0.387 e. The zero-order valence-corrected chi connectivity index (χ0v) is 12.9. The van der Waals surface area contributed by atoms with Gasteiger partial charge in [0.25, 0.3) is 0 Å². The lowest BCUT2D eigenvalue weighted by Gasteiger charge is -2.26. The molecule has 128 valence electrons. The van der Waals surface area contributed by atoms with Crippen molar-refractivity contribution in [3.8, 4) is 5.75 Å². The first-order valence-corrected chi connectivity index (χ1v) is 7.26. The molecule has 11 heteroatoms. The number of halogens is 3. The minimum absolute atomic E-state index is 0.0483. The van der Waals surface area contributed by atoms with Crippen LogP contribution in [0.15, 0.2) is 23.0 Å². The van der Waals surface area contributed by atoms with Gasteiger partial charge in [0.05, 0.1) is 11.6 Å². The van der Waals surface area contributed by atoms with Gasteiger partial charge in [-0.3, -0.25) is 4.57 Å². The third kappa shape index (κ3) is 3.32. The normalized spacial score (nSPS) is 13.8. The van der Waals surface area contributed by atoms with Crippen molar-refractivity contribution in [1.29, 1.82) is 0 Å². The summed E-state index contributed by atoms with van der Waals surface area (Å²) in [6.07, 6.45) is 0. The van der Waals surface area contributed by atoms with Gasteiger partial charge in [-0.2, -0.15) is 13.9 Å². The van der Waals surface area contributed by atoms with Crippen molar-refractivity contribution in [2.45, 2.75) is 19.7 Å². The third-order valence-corrected chi connectivity index (χ3v) is 3.74. The standard InChI is InChI=1S/C13H12ClF2N5O3/c14-8-5-7(1-2-9(8)24-11(15)16)17-12(22)20-3-4-21-10(6-20)18-19-13(21)23/h1-2,5,11H,3-4,6H2,(H,17,22)(H,19,23). The molecule has 0 spiro atoms. The number of nitrogens with one attached hydrogen (secondary N) is 2. The summed E-state index contributed by atoms with van der Waals surface area (Å²) >= 11 is 5.84. The maximum absolute atomic E-state index is 12.3. The van der Waals surface area contributed by atoms with E-state index in [0.717, 1.165) is 0 Å². The molecule has 2 aromatic rings. The van der Waals surface area contributed by atoms with Gasteiger partial charge >= 0.3 is 18.3 Å². The van der Waals surface area contributed by atoms with Crippen molar-refractivity contribution in [3.05, 3.63) is 39.5 Å². The van der Waals surface area contributed by atoms with E-state index in [4.69, 9.17) is 11.6 Å². The highest BCUT2D eigenvalue weighted by atomic mass is 35.5. The summed E-state index contributed by atoms with van der Waals surface area (Å²) in [6, 6.07) is 3.53. The summed E-state index contributed by atoms with van der Waals surface area (Å²) < 4.78 is 30.1. The van der Waals surface area contributed by atoms with Crippen LogP contribution in [0.1, 0.15) is 5.82 Å². The van der Waals surface area contributed by atoms with E-state index < -0.39 is 12.6 Å². The Morgan fingerprint density at radius 2 is 2.21 bits per heavy atom. The highest BCUT2D eigenvalue weighted by Gasteiger charge is 2.23. The van der Waals surface area contributed by atoms with E-state index in [-0.39, 0.29) is 23.0 Å². The van der Waals surface area contributed by atoms with Crippen LogP contribution in [0.3, 0.4) is 0 Å². The molecule has 0 fully saturated rings. The molecular weight excluding hydrogens is 348 g/mol. The van der Waals surface area contributed by atoms with Gasteiger partial charge in [-0.15, -0.1) is 0 Å². The van der Waals surface area contributed by atoms with Crippen molar-refractivity contribution in [2.75, 3.05) is 11.9 Å². The van der Waals surface area contributed by atoms with E-state index in [1.807, 2.05) is 0 Å². The Bertz CT molecular complexity index is 822. The van der Waals surface area contributed by atoms with Gasteiger partial charge < -0.3 is 15.0 Å². The molecule has 0 saturated carbocycles. The molecule has 3 rings (SSSR count). The van der Waals surface area contributed by atoms with Crippen molar-refractivity contribution in [2.24, 2.45) is 0 Å². The number of H-pyrrole nitrogens is 1. The molecule has 1 aromatic carbocycles. The van der Waals surface area contributed by atoms with Crippen LogP contribution in [0.5, 0.6) is 5.75 Å². The number of benzene rings is 1. The second kappa shape index (κ2) is 6.48. The Hall–Kier alpha value is -2.62. The summed E-state index contributed by atoms with van der Waals surface area (Å²) in [7, 11) is 0. The van der Waals surface area contributed by atoms with Gasteiger partial charge in [-0.05, 0) is 18.2 Å². The number of aromatic nitrogens is 3. The Kier molecular flexibility index (Phi) is 4.38. The lowest BCUT2D eigenvalue weighted by molar-refractivity contribution is -0.0497. The molecule has 0 aliphatic carbocycles. The average molecular weight is 360 g/mol. The highest BCUT2D eigenvalue weighted by Crippen LogP contribution is 2.29. The highest BCUT2D eigenvalue weighted by molar-refractivity contribution is 6.32. The summed E-state index contributed by atoms with van der Waals surface area (Å²) in [5, 5.41) is 8.72. The molecule has 1 aliphatic rings. The van der Waals surface area contributed by atoms with Crippen LogP contribution in [0, 0.1) is 0 Å². The predicted molar refractivity (Wildman–Crippen MR) is 80.4 cm³/mol. The molecule has 0 radical (unpaired) electrons. The van der Waals surface area contributed by atoms with Gasteiger partial charge in [0.1, 0.15) is 5.75 Å². The third-order valence-electron chi connectivity index (χ3n) is 3.45. The lowest BCUT2D eigenvalue weighted by atomic mass is 10.3. The molecule has 2 heterocycles. The first-order chi connectivity index (χ1) is 11.4. The number of carbonyl (C=O) groups is 1. The fourth-order valence-electron chi connectivity index (χ4n) is 2.32. The molecule has 1 aromatic heterocycles. The van der Waals surface area contributed by atoms with Gasteiger partial charge in [0, 0.05) is 18.8 Å².